The van der Waals surface area contributed by atoms with Crippen LogP contribution in [-0.4, -0.2) is 29.9 Å². The average Bonchev–Trinajstić information content (AvgIpc) is 3.19. The molecule has 0 radical (unpaired) electrons. The summed E-state index contributed by atoms with van der Waals surface area (Å²) in [6, 6.07) is 14.9. The first-order valence-corrected chi connectivity index (χ1v) is 9.02. The third kappa shape index (κ3) is 2.73. The van der Waals surface area contributed by atoms with E-state index in [1.165, 1.54) is 22.3 Å². The molecule has 3 nitrogen and oxygen atoms in total. The summed E-state index contributed by atoms with van der Waals surface area (Å²) in [4.78, 5) is 15.0. The predicted molar refractivity (Wildman–Crippen MR) is 98.2 cm³/mol. The van der Waals surface area contributed by atoms with E-state index in [1.54, 1.807) is 0 Å². The van der Waals surface area contributed by atoms with E-state index in [0.717, 1.165) is 44.5 Å². The lowest BCUT2D eigenvalue weighted by Crippen LogP contribution is -2.39. The second-order valence-corrected chi connectivity index (χ2v) is 6.89. The molecule has 4 rings (SSSR count). The number of anilines is 1. The number of nitrogens with one attached hydrogen (secondary N) is 1. The summed E-state index contributed by atoms with van der Waals surface area (Å²) < 4.78 is 0. The zero-order valence-corrected chi connectivity index (χ0v) is 14.2. The minimum absolute atomic E-state index is 0.0374. The smallest absolute Gasteiger partial charge is 0.241 e. The van der Waals surface area contributed by atoms with Gasteiger partial charge in [-0.15, -0.1) is 0 Å². The fraction of sp³-hybridized carbons (Fsp3) is 0.381. The highest BCUT2D eigenvalue weighted by Crippen LogP contribution is 2.37. The Kier molecular flexibility index (Phi) is 4.11. The van der Waals surface area contributed by atoms with Crippen LogP contribution < -0.4 is 5.32 Å². The van der Waals surface area contributed by atoms with E-state index in [2.05, 4.69) is 53.5 Å². The lowest BCUT2D eigenvalue weighted by molar-refractivity contribution is -0.120. The van der Waals surface area contributed by atoms with Crippen molar-refractivity contribution in [3.05, 3.63) is 53.6 Å². The van der Waals surface area contributed by atoms with Gasteiger partial charge in [-0.25, -0.2) is 0 Å². The first-order chi connectivity index (χ1) is 11.8. The number of amides is 1. The number of likely N-dealkylation sites (tertiary alicyclic amines) is 1. The number of hydrogen-bond donors (Lipinski definition) is 1. The van der Waals surface area contributed by atoms with Crippen molar-refractivity contribution in [3.63, 3.8) is 0 Å². The number of carbonyl (C=O) groups is 1. The van der Waals surface area contributed by atoms with Crippen LogP contribution in [0.25, 0.3) is 11.1 Å². The second kappa shape index (κ2) is 6.40. The molecule has 0 saturated carbocycles. The van der Waals surface area contributed by atoms with Gasteiger partial charge in [0, 0.05) is 5.69 Å². The number of fused-ring (bicyclic) bond motifs is 3. The first kappa shape index (κ1) is 15.4. The Bertz CT molecular complexity index is 768. The van der Waals surface area contributed by atoms with Crippen LogP contribution in [0.3, 0.4) is 0 Å². The van der Waals surface area contributed by atoms with Crippen molar-refractivity contribution in [1.29, 1.82) is 0 Å². The first-order valence-electron chi connectivity index (χ1n) is 9.02. The largest absolute Gasteiger partial charge is 0.325 e. The lowest BCUT2D eigenvalue weighted by atomic mass is 10.1. The summed E-state index contributed by atoms with van der Waals surface area (Å²) in [5, 5.41) is 3.15. The van der Waals surface area contributed by atoms with Crippen molar-refractivity contribution in [3.8, 4) is 11.1 Å². The van der Waals surface area contributed by atoms with Gasteiger partial charge in [-0.1, -0.05) is 37.3 Å². The summed E-state index contributed by atoms with van der Waals surface area (Å²) in [6.45, 7) is 4.23. The quantitative estimate of drug-likeness (QED) is 0.786. The summed E-state index contributed by atoms with van der Waals surface area (Å²) in [5.41, 5.74) is 6.24. The molecule has 1 amide bonds. The van der Waals surface area contributed by atoms with Crippen LogP contribution in [0.15, 0.2) is 42.5 Å². The highest BCUT2D eigenvalue weighted by Gasteiger charge is 2.30. The standard InChI is InChI=1S/C21H24N2O/c1-2-11-23-12-5-8-20(23)21(24)22-17-9-10-19-16(14-17)13-15-6-3-4-7-18(15)19/h3-4,6-7,9-10,14,20H,2,5,8,11-13H2,1H3,(H,22,24). The highest BCUT2D eigenvalue weighted by atomic mass is 16.2. The fourth-order valence-electron chi connectivity index (χ4n) is 4.13. The van der Waals surface area contributed by atoms with Crippen LogP contribution >= 0.6 is 0 Å². The zero-order valence-electron chi connectivity index (χ0n) is 14.2. The summed E-state index contributed by atoms with van der Waals surface area (Å²) >= 11 is 0. The van der Waals surface area contributed by atoms with Gasteiger partial charge >= 0.3 is 0 Å². The number of rotatable bonds is 4. The van der Waals surface area contributed by atoms with E-state index in [1.807, 2.05) is 6.07 Å². The molecule has 2 aromatic carbocycles. The minimum atomic E-state index is 0.0374. The highest BCUT2D eigenvalue weighted by molar-refractivity contribution is 5.95. The Morgan fingerprint density at radius 2 is 2.00 bits per heavy atom. The molecule has 1 unspecified atom stereocenters. The van der Waals surface area contributed by atoms with Gasteiger partial charge in [-0.05, 0) is 73.2 Å². The minimum Gasteiger partial charge on any atom is -0.325 e. The van der Waals surface area contributed by atoms with Crippen molar-refractivity contribution in [1.82, 2.24) is 4.90 Å². The van der Waals surface area contributed by atoms with Crippen molar-refractivity contribution in [2.75, 3.05) is 18.4 Å². The van der Waals surface area contributed by atoms with Gasteiger partial charge in [0.15, 0.2) is 0 Å². The molecule has 0 spiro atoms. The van der Waals surface area contributed by atoms with Crippen molar-refractivity contribution >= 4 is 11.6 Å². The van der Waals surface area contributed by atoms with Gasteiger partial charge < -0.3 is 5.32 Å². The van der Waals surface area contributed by atoms with Gasteiger partial charge in [0.2, 0.25) is 5.91 Å². The molecule has 0 bridgehead atoms. The van der Waals surface area contributed by atoms with E-state index in [-0.39, 0.29) is 11.9 Å². The number of benzene rings is 2. The molecule has 1 N–H and O–H groups in total. The molecular formula is C21H24N2O. The molecule has 0 aromatic heterocycles. The summed E-state index contributed by atoms with van der Waals surface area (Å²) in [6.07, 6.45) is 4.15. The molecule has 1 saturated heterocycles. The molecule has 1 aliphatic heterocycles. The number of nitrogens with zero attached hydrogens (tertiary/aromatic N) is 1. The van der Waals surface area contributed by atoms with Crippen LogP contribution in [0.5, 0.6) is 0 Å². The van der Waals surface area contributed by atoms with Crippen LogP contribution in [-0.2, 0) is 11.2 Å². The van der Waals surface area contributed by atoms with Crippen molar-refractivity contribution in [2.45, 2.75) is 38.6 Å². The van der Waals surface area contributed by atoms with E-state index < -0.39 is 0 Å². The Morgan fingerprint density at radius 3 is 2.88 bits per heavy atom. The van der Waals surface area contributed by atoms with Crippen LogP contribution in [0.4, 0.5) is 5.69 Å². The Labute approximate surface area is 143 Å². The molecule has 2 aliphatic rings. The van der Waals surface area contributed by atoms with E-state index in [0.29, 0.717) is 0 Å². The van der Waals surface area contributed by atoms with E-state index >= 15 is 0 Å². The topological polar surface area (TPSA) is 32.3 Å². The number of carbonyl (C=O) groups excluding carboxylic acids is 1. The SMILES string of the molecule is CCCN1CCCC1C(=O)Nc1ccc2c(c1)Cc1ccccc1-2. The molecule has 1 atom stereocenters. The van der Waals surface area contributed by atoms with Gasteiger partial charge in [-0.2, -0.15) is 0 Å². The fourth-order valence-corrected chi connectivity index (χ4v) is 4.13. The Hall–Kier alpha value is -2.13. The molecule has 1 aliphatic carbocycles. The normalized spacial score (nSPS) is 19.1. The zero-order chi connectivity index (χ0) is 16.5. The summed E-state index contributed by atoms with van der Waals surface area (Å²) in [7, 11) is 0. The lowest BCUT2D eigenvalue weighted by Gasteiger charge is -2.23. The Balaban J connectivity index is 1.50. The molecule has 24 heavy (non-hydrogen) atoms. The monoisotopic (exact) mass is 320 g/mol. The average molecular weight is 320 g/mol. The molecular weight excluding hydrogens is 296 g/mol. The predicted octanol–water partition coefficient (Wildman–Crippen LogP) is 4.07. The second-order valence-electron chi connectivity index (χ2n) is 6.89. The maximum atomic E-state index is 12.7. The van der Waals surface area contributed by atoms with Gasteiger partial charge in [0.1, 0.15) is 0 Å². The van der Waals surface area contributed by atoms with Crippen molar-refractivity contribution < 1.29 is 4.79 Å². The van der Waals surface area contributed by atoms with Gasteiger partial charge in [0.05, 0.1) is 6.04 Å². The number of hydrogen-bond acceptors (Lipinski definition) is 2. The molecule has 3 heteroatoms. The maximum Gasteiger partial charge on any atom is 0.241 e. The Morgan fingerprint density at radius 1 is 1.17 bits per heavy atom. The van der Waals surface area contributed by atoms with E-state index in [4.69, 9.17) is 0 Å². The summed E-state index contributed by atoms with van der Waals surface area (Å²) in [5.74, 6) is 0.149. The maximum absolute atomic E-state index is 12.7. The molecule has 1 fully saturated rings. The van der Waals surface area contributed by atoms with Crippen LogP contribution in [0, 0.1) is 0 Å². The third-order valence-corrected chi connectivity index (χ3v) is 5.24. The van der Waals surface area contributed by atoms with Crippen molar-refractivity contribution in [2.24, 2.45) is 0 Å². The molecule has 124 valence electrons. The van der Waals surface area contributed by atoms with Gasteiger partial charge in [-0.3, -0.25) is 9.69 Å². The third-order valence-electron chi connectivity index (χ3n) is 5.24. The van der Waals surface area contributed by atoms with E-state index in [9.17, 15) is 4.79 Å². The van der Waals surface area contributed by atoms with Crippen LogP contribution in [0.1, 0.15) is 37.3 Å². The van der Waals surface area contributed by atoms with Crippen LogP contribution in [0.2, 0.25) is 0 Å². The van der Waals surface area contributed by atoms with Gasteiger partial charge in [0.25, 0.3) is 0 Å². The molecule has 1 heterocycles. The molecule has 2 aromatic rings.